The van der Waals surface area contributed by atoms with E-state index in [-0.39, 0.29) is 10.7 Å². The van der Waals surface area contributed by atoms with E-state index in [0.717, 1.165) is 45.6 Å². The van der Waals surface area contributed by atoms with Crippen molar-refractivity contribution in [2.75, 3.05) is 32.1 Å². The summed E-state index contributed by atoms with van der Waals surface area (Å²) in [6, 6.07) is 0. The van der Waals surface area contributed by atoms with E-state index in [2.05, 4.69) is 12.2 Å². The van der Waals surface area contributed by atoms with Crippen molar-refractivity contribution in [3.8, 4) is 0 Å². The van der Waals surface area contributed by atoms with E-state index in [1.54, 1.807) is 13.8 Å². The fourth-order valence-electron chi connectivity index (χ4n) is 2.30. The molecule has 1 saturated heterocycles. The van der Waals surface area contributed by atoms with Crippen LogP contribution in [0.1, 0.15) is 40.0 Å². The Hall–Kier alpha value is -0.130. The van der Waals surface area contributed by atoms with Gasteiger partial charge < -0.3 is 10.1 Å². The molecule has 0 bridgehead atoms. The zero-order valence-electron chi connectivity index (χ0n) is 11.9. The van der Waals surface area contributed by atoms with Crippen LogP contribution in [0.15, 0.2) is 0 Å². The van der Waals surface area contributed by atoms with Crippen LogP contribution < -0.4 is 5.32 Å². The first-order valence-corrected chi connectivity index (χ1v) is 8.63. The summed E-state index contributed by atoms with van der Waals surface area (Å²) in [7, 11) is -2.93. The molecule has 0 aromatic rings. The smallest absolute Gasteiger partial charge is 0.152 e. The molecule has 1 rings (SSSR count). The molecule has 108 valence electrons. The van der Waals surface area contributed by atoms with Crippen LogP contribution in [0.4, 0.5) is 0 Å². The highest BCUT2D eigenvalue weighted by Gasteiger charge is 2.33. The third kappa shape index (κ3) is 4.52. The lowest BCUT2D eigenvalue weighted by Gasteiger charge is -2.37. The normalized spacial score (nSPS) is 20.2. The van der Waals surface area contributed by atoms with E-state index in [4.69, 9.17) is 4.74 Å². The van der Waals surface area contributed by atoms with Crippen LogP contribution in [0.5, 0.6) is 0 Å². The van der Waals surface area contributed by atoms with Gasteiger partial charge in [0, 0.05) is 19.8 Å². The SMILES string of the molecule is CCNCC1(CCS(=O)(=O)C(C)C)CCOCC1. The van der Waals surface area contributed by atoms with Crippen LogP contribution in [-0.2, 0) is 14.6 Å². The lowest BCUT2D eigenvalue weighted by molar-refractivity contribution is 0.0135. The van der Waals surface area contributed by atoms with Crippen LogP contribution in [0, 0.1) is 5.41 Å². The van der Waals surface area contributed by atoms with Gasteiger partial charge in [-0.25, -0.2) is 8.42 Å². The Morgan fingerprint density at radius 1 is 1.28 bits per heavy atom. The Kier molecular flexibility index (Phi) is 6.08. The van der Waals surface area contributed by atoms with Gasteiger partial charge in [-0.15, -0.1) is 0 Å². The fourth-order valence-corrected chi connectivity index (χ4v) is 3.49. The number of hydrogen-bond acceptors (Lipinski definition) is 4. The molecule has 1 heterocycles. The number of rotatable bonds is 7. The number of nitrogens with one attached hydrogen (secondary N) is 1. The molecule has 1 fully saturated rings. The topological polar surface area (TPSA) is 55.4 Å². The molecule has 0 atom stereocenters. The summed E-state index contributed by atoms with van der Waals surface area (Å²) in [6.07, 6.45) is 2.69. The fraction of sp³-hybridized carbons (Fsp3) is 1.00. The second-order valence-electron chi connectivity index (χ2n) is 5.56. The molecule has 1 aliphatic rings. The molecule has 0 radical (unpaired) electrons. The lowest BCUT2D eigenvalue weighted by Crippen LogP contribution is -2.40. The van der Waals surface area contributed by atoms with Gasteiger partial charge >= 0.3 is 0 Å². The largest absolute Gasteiger partial charge is 0.381 e. The zero-order chi connectivity index (χ0) is 13.6. The quantitative estimate of drug-likeness (QED) is 0.768. The number of sulfone groups is 1. The van der Waals surface area contributed by atoms with Gasteiger partial charge in [0.05, 0.1) is 11.0 Å². The number of hydrogen-bond donors (Lipinski definition) is 1. The Balaban J connectivity index is 2.61. The van der Waals surface area contributed by atoms with Crippen LogP contribution >= 0.6 is 0 Å². The van der Waals surface area contributed by atoms with Crippen molar-refractivity contribution in [2.45, 2.75) is 45.3 Å². The maximum Gasteiger partial charge on any atom is 0.152 e. The van der Waals surface area contributed by atoms with E-state index in [9.17, 15) is 8.42 Å². The lowest BCUT2D eigenvalue weighted by atomic mass is 9.78. The highest BCUT2D eigenvalue weighted by atomic mass is 32.2. The first kappa shape index (κ1) is 15.9. The maximum absolute atomic E-state index is 11.9. The minimum absolute atomic E-state index is 0.107. The molecule has 0 saturated carbocycles. The zero-order valence-corrected chi connectivity index (χ0v) is 12.7. The predicted octanol–water partition coefficient (Wildman–Crippen LogP) is 1.61. The van der Waals surface area contributed by atoms with Crippen molar-refractivity contribution in [3.05, 3.63) is 0 Å². The first-order chi connectivity index (χ1) is 8.42. The Morgan fingerprint density at radius 3 is 2.39 bits per heavy atom. The molecular formula is C13H27NO3S. The minimum Gasteiger partial charge on any atom is -0.381 e. The first-order valence-electron chi connectivity index (χ1n) is 6.92. The van der Waals surface area contributed by atoms with Crippen molar-refractivity contribution in [2.24, 2.45) is 5.41 Å². The van der Waals surface area contributed by atoms with Gasteiger partial charge in [-0.1, -0.05) is 6.92 Å². The maximum atomic E-state index is 11.9. The van der Waals surface area contributed by atoms with Crippen LogP contribution in [-0.4, -0.2) is 45.7 Å². The molecule has 1 N–H and O–H groups in total. The van der Waals surface area contributed by atoms with E-state index in [1.165, 1.54) is 0 Å². The van der Waals surface area contributed by atoms with Gasteiger partial charge in [0.2, 0.25) is 0 Å². The molecule has 0 aromatic carbocycles. The van der Waals surface area contributed by atoms with Crippen molar-refractivity contribution in [1.82, 2.24) is 5.32 Å². The summed E-state index contributed by atoms with van der Waals surface area (Å²) < 4.78 is 29.3. The molecule has 18 heavy (non-hydrogen) atoms. The molecule has 4 nitrogen and oxygen atoms in total. The molecule has 0 aliphatic carbocycles. The third-order valence-electron chi connectivity index (χ3n) is 3.94. The van der Waals surface area contributed by atoms with E-state index in [0.29, 0.717) is 5.75 Å². The molecule has 0 aromatic heterocycles. The average Bonchev–Trinajstić information content (AvgIpc) is 2.35. The molecule has 1 aliphatic heterocycles. The van der Waals surface area contributed by atoms with Crippen molar-refractivity contribution >= 4 is 9.84 Å². The summed E-state index contributed by atoms with van der Waals surface area (Å²) in [5.74, 6) is 0.302. The van der Waals surface area contributed by atoms with Gasteiger partial charge in [-0.3, -0.25) is 0 Å². The second kappa shape index (κ2) is 6.87. The van der Waals surface area contributed by atoms with Crippen molar-refractivity contribution < 1.29 is 13.2 Å². The predicted molar refractivity (Wildman–Crippen MR) is 74.6 cm³/mol. The summed E-state index contributed by atoms with van der Waals surface area (Å²) in [4.78, 5) is 0. The van der Waals surface area contributed by atoms with Gasteiger partial charge in [-0.05, 0) is 45.1 Å². The van der Waals surface area contributed by atoms with Crippen molar-refractivity contribution in [1.29, 1.82) is 0 Å². The van der Waals surface area contributed by atoms with Crippen LogP contribution in [0.25, 0.3) is 0 Å². The Labute approximate surface area is 111 Å². The standard InChI is InChI=1S/C13H27NO3S/c1-4-14-11-13(5-8-17-9-6-13)7-10-18(15,16)12(2)3/h12,14H,4-11H2,1-3H3. The molecule has 5 heteroatoms. The van der Waals surface area contributed by atoms with E-state index in [1.807, 2.05) is 0 Å². The molecular weight excluding hydrogens is 250 g/mol. The van der Waals surface area contributed by atoms with E-state index < -0.39 is 9.84 Å². The van der Waals surface area contributed by atoms with Crippen LogP contribution in [0.3, 0.4) is 0 Å². The summed E-state index contributed by atoms with van der Waals surface area (Å²) in [5.41, 5.74) is 0.107. The summed E-state index contributed by atoms with van der Waals surface area (Å²) in [6.45, 7) is 8.95. The summed E-state index contributed by atoms with van der Waals surface area (Å²) in [5, 5.41) is 3.10. The average molecular weight is 277 g/mol. The summed E-state index contributed by atoms with van der Waals surface area (Å²) >= 11 is 0. The molecule has 0 amide bonds. The minimum atomic E-state index is -2.93. The Morgan fingerprint density at radius 2 is 1.89 bits per heavy atom. The van der Waals surface area contributed by atoms with Gasteiger partial charge in [-0.2, -0.15) is 0 Å². The second-order valence-corrected chi connectivity index (χ2v) is 8.24. The monoisotopic (exact) mass is 277 g/mol. The molecule has 0 spiro atoms. The van der Waals surface area contributed by atoms with E-state index >= 15 is 0 Å². The van der Waals surface area contributed by atoms with Gasteiger partial charge in [0.1, 0.15) is 0 Å². The number of ether oxygens (including phenoxy) is 1. The third-order valence-corrected chi connectivity index (χ3v) is 6.15. The highest BCUT2D eigenvalue weighted by molar-refractivity contribution is 7.91. The highest BCUT2D eigenvalue weighted by Crippen LogP contribution is 2.34. The van der Waals surface area contributed by atoms with Crippen molar-refractivity contribution in [3.63, 3.8) is 0 Å². The Bertz CT molecular complexity index is 332. The van der Waals surface area contributed by atoms with Crippen LogP contribution in [0.2, 0.25) is 0 Å². The van der Waals surface area contributed by atoms with Gasteiger partial charge in [0.15, 0.2) is 9.84 Å². The molecule has 0 unspecified atom stereocenters. The van der Waals surface area contributed by atoms with Gasteiger partial charge in [0.25, 0.3) is 0 Å².